The first-order valence-electron chi connectivity index (χ1n) is 7.86. The molecule has 2 aromatic rings. The van der Waals surface area contributed by atoms with Crippen molar-refractivity contribution in [3.05, 3.63) is 24.3 Å². The van der Waals surface area contributed by atoms with E-state index >= 15 is 0 Å². The summed E-state index contributed by atoms with van der Waals surface area (Å²) < 4.78 is 24.5. The van der Waals surface area contributed by atoms with Crippen LogP contribution < -0.4 is 0 Å². The van der Waals surface area contributed by atoms with Gasteiger partial charge in [-0.25, -0.2) is 8.42 Å². The first-order chi connectivity index (χ1) is 11.4. The van der Waals surface area contributed by atoms with E-state index in [0.717, 1.165) is 10.9 Å². The van der Waals surface area contributed by atoms with Crippen LogP contribution in [0.3, 0.4) is 0 Å². The first-order valence-corrected chi connectivity index (χ1v) is 9.68. The molecule has 1 saturated heterocycles. The molecule has 8 heteroatoms. The van der Waals surface area contributed by atoms with Gasteiger partial charge in [-0.15, -0.1) is 10.2 Å². The zero-order valence-electron chi connectivity index (χ0n) is 13.3. The van der Waals surface area contributed by atoms with E-state index in [1.807, 2.05) is 31.2 Å². The number of aryl methyl sites for hydroxylation is 1. The second-order valence-corrected chi connectivity index (χ2v) is 8.23. The van der Waals surface area contributed by atoms with Crippen molar-refractivity contribution in [3.63, 3.8) is 0 Å². The number of carbonyl (C=O) groups is 1. The molecular formula is C16H19N3O4S. The smallest absolute Gasteiger partial charge is 0.265 e. The van der Waals surface area contributed by atoms with Gasteiger partial charge in [0.05, 0.1) is 17.0 Å². The Morgan fingerprint density at radius 1 is 1.38 bits per heavy atom. The lowest BCUT2D eigenvalue weighted by Gasteiger charge is -2.02. The quantitative estimate of drug-likeness (QED) is 0.858. The highest BCUT2D eigenvalue weighted by atomic mass is 32.2. The lowest BCUT2D eigenvalue weighted by Crippen LogP contribution is -2.08. The van der Waals surface area contributed by atoms with E-state index in [1.165, 1.54) is 0 Å². The number of hydrogen-bond donors (Lipinski definition) is 1. The maximum Gasteiger partial charge on any atom is 0.265 e. The lowest BCUT2D eigenvalue weighted by molar-refractivity contribution is -0.119. The van der Waals surface area contributed by atoms with E-state index in [2.05, 4.69) is 10.2 Å². The molecular weight excluding hydrogens is 330 g/mol. The lowest BCUT2D eigenvalue weighted by atomic mass is 10.1. The molecule has 7 nitrogen and oxygen atoms in total. The number of benzene rings is 1. The van der Waals surface area contributed by atoms with Crippen molar-refractivity contribution in [2.45, 2.75) is 26.3 Å². The van der Waals surface area contributed by atoms with Crippen LogP contribution in [-0.4, -0.2) is 35.5 Å². The zero-order valence-corrected chi connectivity index (χ0v) is 14.2. The molecule has 1 aliphatic rings. The molecule has 0 spiro atoms. The maximum absolute atomic E-state index is 12.0. The molecule has 0 bridgehead atoms. The number of aromatic hydroxyl groups is 1. The van der Waals surface area contributed by atoms with E-state index in [-0.39, 0.29) is 35.4 Å². The summed E-state index contributed by atoms with van der Waals surface area (Å²) in [5.41, 5.74) is 1.08. The second-order valence-electron chi connectivity index (χ2n) is 6.00. The van der Waals surface area contributed by atoms with Gasteiger partial charge in [0.15, 0.2) is 15.5 Å². The van der Waals surface area contributed by atoms with E-state index < -0.39 is 15.7 Å². The molecule has 1 atom stereocenters. The molecule has 0 saturated carbocycles. The SMILES string of the molecule is CCn1c(O)c(N=NC(=O)C[C@@H]2CCS(=O)(=O)C2)c2ccccc21. The zero-order chi connectivity index (χ0) is 17.3. The summed E-state index contributed by atoms with van der Waals surface area (Å²) in [6.45, 7) is 2.47. The number of nitrogens with zero attached hydrogens (tertiary/aromatic N) is 3. The van der Waals surface area contributed by atoms with Crippen LogP contribution in [-0.2, 0) is 21.2 Å². The number of fused-ring (bicyclic) bond motifs is 1. The molecule has 3 rings (SSSR count). The second kappa shape index (κ2) is 6.35. The molecule has 128 valence electrons. The molecule has 1 amide bonds. The van der Waals surface area contributed by atoms with E-state index in [4.69, 9.17) is 0 Å². The fourth-order valence-corrected chi connectivity index (χ4v) is 4.98. The first kappa shape index (κ1) is 16.6. The highest BCUT2D eigenvalue weighted by Gasteiger charge is 2.29. The average molecular weight is 349 g/mol. The molecule has 1 fully saturated rings. The predicted octanol–water partition coefficient (Wildman–Crippen LogP) is 2.80. The summed E-state index contributed by atoms with van der Waals surface area (Å²) in [6.07, 6.45) is 0.555. The highest BCUT2D eigenvalue weighted by molar-refractivity contribution is 7.91. The van der Waals surface area contributed by atoms with Crippen molar-refractivity contribution >= 4 is 32.3 Å². The van der Waals surface area contributed by atoms with Gasteiger partial charge in [0, 0.05) is 18.4 Å². The van der Waals surface area contributed by atoms with Gasteiger partial charge in [0.25, 0.3) is 5.91 Å². The Bertz CT molecular complexity index is 915. The fraction of sp³-hybridized carbons (Fsp3) is 0.438. The number of amides is 1. The minimum atomic E-state index is -3.01. The van der Waals surface area contributed by atoms with Crippen LogP contribution >= 0.6 is 0 Å². The Morgan fingerprint density at radius 3 is 2.79 bits per heavy atom. The largest absolute Gasteiger partial charge is 0.493 e. The summed E-state index contributed by atoms with van der Waals surface area (Å²) in [4.78, 5) is 12.0. The van der Waals surface area contributed by atoms with E-state index in [9.17, 15) is 18.3 Å². The number of rotatable bonds is 4. The molecule has 0 aliphatic carbocycles. The van der Waals surface area contributed by atoms with Gasteiger partial charge < -0.3 is 9.67 Å². The Morgan fingerprint density at radius 2 is 2.12 bits per heavy atom. The molecule has 0 unspecified atom stereocenters. The number of azo groups is 1. The van der Waals surface area contributed by atoms with Crippen LogP contribution in [0.2, 0.25) is 0 Å². The van der Waals surface area contributed by atoms with Crippen LogP contribution in [0.4, 0.5) is 5.69 Å². The number of aromatic nitrogens is 1. The van der Waals surface area contributed by atoms with Gasteiger partial charge in [0.2, 0.25) is 5.88 Å². The monoisotopic (exact) mass is 349 g/mol. The van der Waals surface area contributed by atoms with Crippen LogP contribution in [0.5, 0.6) is 5.88 Å². The summed E-state index contributed by atoms with van der Waals surface area (Å²) >= 11 is 0. The van der Waals surface area contributed by atoms with Crippen LogP contribution in [0.15, 0.2) is 34.5 Å². The standard InChI is InChI=1S/C16H19N3O4S/c1-2-19-13-6-4-3-5-12(13)15(16(19)21)18-17-14(20)9-11-7-8-24(22,23)10-11/h3-6,11,21H,2,7-10H2,1H3/t11-/m0/s1. The number of hydrogen-bond acceptors (Lipinski definition) is 5. The minimum absolute atomic E-state index is 0.0290. The Balaban J connectivity index is 1.81. The molecule has 24 heavy (non-hydrogen) atoms. The minimum Gasteiger partial charge on any atom is -0.493 e. The third kappa shape index (κ3) is 3.19. The molecule has 1 N–H and O–H groups in total. The van der Waals surface area contributed by atoms with Crippen molar-refractivity contribution in [1.29, 1.82) is 0 Å². The number of sulfone groups is 1. The Labute approximate surface area is 139 Å². The third-order valence-electron chi connectivity index (χ3n) is 4.29. The Hall–Kier alpha value is -2.22. The number of para-hydroxylation sites is 1. The third-order valence-corrected chi connectivity index (χ3v) is 6.12. The van der Waals surface area contributed by atoms with E-state index in [1.54, 1.807) is 4.57 Å². The van der Waals surface area contributed by atoms with E-state index in [0.29, 0.717) is 13.0 Å². The molecule has 2 heterocycles. The van der Waals surface area contributed by atoms with Crippen molar-refractivity contribution in [3.8, 4) is 5.88 Å². The van der Waals surface area contributed by atoms with Gasteiger partial charge in [-0.1, -0.05) is 18.2 Å². The number of carbonyl (C=O) groups excluding carboxylic acids is 1. The van der Waals surface area contributed by atoms with Crippen molar-refractivity contribution in [2.75, 3.05) is 11.5 Å². The summed E-state index contributed by atoms with van der Waals surface area (Å²) in [7, 11) is -3.01. The van der Waals surface area contributed by atoms with Crippen molar-refractivity contribution < 1.29 is 18.3 Å². The maximum atomic E-state index is 12.0. The topological polar surface area (TPSA) is 101 Å². The molecule has 0 radical (unpaired) electrons. The average Bonchev–Trinajstić information content (AvgIpc) is 3.01. The molecule has 1 aromatic heterocycles. The van der Waals surface area contributed by atoms with Gasteiger partial charge in [-0.05, 0) is 25.3 Å². The normalized spacial score (nSPS) is 20.1. The molecule has 1 aliphatic heterocycles. The van der Waals surface area contributed by atoms with Gasteiger partial charge in [0.1, 0.15) is 0 Å². The Kier molecular flexibility index (Phi) is 4.40. The van der Waals surface area contributed by atoms with Gasteiger partial charge in [-0.3, -0.25) is 4.79 Å². The van der Waals surface area contributed by atoms with Gasteiger partial charge in [-0.2, -0.15) is 0 Å². The molecule has 1 aromatic carbocycles. The van der Waals surface area contributed by atoms with Crippen molar-refractivity contribution in [1.82, 2.24) is 4.57 Å². The van der Waals surface area contributed by atoms with Gasteiger partial charge >= 0.3 is 0 Å². The predicted molar refractivity (Wildman–Crippen MR) is 90.2 cm³/mol. The summed E-state index contributed by atoms with van der Waals surface area (Å²) in [5.74, 6) is -0.516. The van der Waals surface area contributed by atoms with Crippen LogP contribution in [0.1, 0.15) is 19.8 Å². The summed E-state index contributed by atoms with van der Waals surface area (Å²) in [5, 5.41) is 18.6. The summed E-state index contributed by atoms with van der Waals surface area (Å²) in [6, 6.07) is 7.36. The fourth-order valence-electron chi connectivity index (χ4n) is 3.12. The highest BCUT2D eigenvalue weighted by Crippen LogP contribution is 2.38. The van der Waals surface area contributed by atoms with Crippen LogP contribution in [0, 0.1) is 5.92 Å². The van der Waals surface area contributed by atoms with Crippen molar-refractivity contribution in [2.24, 2.45) is 16.1 Å². The van der Waals surface area contributed by atoms with Crippen LogP contribution in [0.25, 0.3) is 10.9 Å².